The number of anilines is 1. The van der Waals surface area contributed by atoms with Gasteiger partial charge in [-0.1, -0.05) is 18.2 Å². The summed E-state index contributed by atoms with van der Waals surface area (Å²) in [4.78, 5) is 14.6. The fourth-order valence-electron chi connectivity index (χ4n) is 2.14. The maximum absolute atomic E-state index is 11.1. The van der Waals surface area contributed by atoms with Gasteiger partial charge in [0.25, 0.3) is 0 Å². The van der Waals surface area contributed by atoms with E-state index in [4.69, 9.17) is 0 Å². The molecule has 9 heteroatoms. The molecule has 0 saturated heterocycles. The molecule has 3 aromatic rings. The highest BCUT2D eigenvalue weighted by Gasteiger charge is 2.20. The molecule has 0 fully saturated rings. The first-order valence-corrected chi connectivity index (χ1v) is 6.86. The number of hydrogen-bond acceptors (Lipinski definition) is 7. The number of nitrogens with zero attached hydrogens (tertiary/aromatic N) is 6. The minimum atomic E-state index is -0.484. The van der Waals surface area contributed by atoms with Crippen molar-refractivity contribution in [3.8, 4) is 5.69 Å². The van der Waals surface area contributed by atoms with Crippen LogP contribution in [0.3, 0.4) is 0 Å². The van der Waals surface area contributed by atoms with Gasteiger partial charge in [0.05, 0.1) is 16.7 Å². The molecule has 1 aromatic carbocycles. The molecule has 0 spiro atoms. The summed E-state index contributed by atoms with van der Waals surface area (Å²) in [5, 5.41) is 25.7. The van der Waals surface area contributed by atoms with Crippen LogP contribution in [0.4, 0.5) is 11.5 Å². The largest absolute Gasteiger partial charge is 0.355 e. The smallest absolute Gasteiger partial charge is 0.311 e. The Bertz CT molecular complexity index is 819. The van der Waals surface area contributed by atoms with Gasteiger partial charge >= 0.3 is 5.69 Å². The lowest BCUT2D eigenvalue weighted by Crippen LogP contribution is -2.15. The van der Waals surface area contributed by atoms with Gasteiger partial charge in [-0.15, -0.1) is 5.10 Å². The van der Waals surface area contributed by atoms with Crippen LogP contribution in [0.15, 0.2) is 48.7 Å². The highest BCUT2D eigenvalue weighted by molar-refractivity contribution is 5.55. The number of nitrogens with one attached hydrogen (secondary N) is 1. The lowest BCUT2D eigenvalue weighted by atomic mass is 10.2. The molecule has 2 heterocycles. The molecule has 1 N–H and O–H groups in total. The van der Waals surface area contributed by atoms with Crippen molar-refractivity contribution in [1.82, 2.24) is 25.2 Å². The Morgan fingerprint density at radius 1 is 1.22 bits per heavy atom. The third kappa shape index (κ3) is 2.98. The molecule has 0 bridgehead atoms. The van der Waals surface area contributed by atoms with E-state index in [-0.39, 0.29) is 17.5 Å². The van der Waals surface area contributed by atoms with E-state index in [1.165, 1.54) is 18.3 Å². The molecule has 0 radical (unpaired) electrons. The van der Waals surface area contributed by atoms with Crippen LogP contribution in [-0.4, -0.2) is 30.1 Å². The summed E-state index contributed by atoms with van der Waals surface area (Å²) in [6.45, 7) is 1.81. The zero-order chi connectivity index (χ0) is 16.2. The monoisotopic (exact) mass is 311 g/mol. The average Bonchev–Trinajstić information content (AvgIpc) is 3.05. The Morgan fingerprint density at radius 2 is 2.00 bits per heavy atom. The van der Waals surface area contributed by atoms with Crippen molar-refractivity contribution in [2.45, 2.75) is 13.0 Å². The molecule has 116 valence electrons. The van der Waals surface area contributed by atoms with Crippen LogP contribution in [0.2, 0.25) is 0 Å². The summed E-state index contributed by atoms with van der Waals surface area (Å²) < 4.78 is 1.58. The number of aromatic nitrogens is 5. The van der Waals surface area contributed by atoms with Crippen molar-refractivity contribution in [2.75, 3.05) is 5.32 Å². The maximum Gasteiger partial charge on any atom is 0.311 e. The van der Waals surface area contributed by atoms with Crippen molar-refractivity contribution in [2.24, 2.45) is 0 Å². The van der Waals surface area contributed by atoms with Crippen LogP contribution in [0.1, 0.15) is 18.8 Å². The van der Waals surface area contributed by atoms with Crippen LogP contribution in [-0.2, 0) is 0 Å². The van der Waals surface area contributed by atoms with E-state index in [0.29, 0.717) is 5.82 Å². The zero-order valence-electron chi connectivity index (χ0n) is 12.2. The highest BCUT2D eigenvalue weighted by Crippen LogP contribution is 2.25. The number of hydrogen-bond donors (Lipinski definition) is 1. The van der Waals surface area contributed by atoms with Gasteiger partial charge < -0.3 is 5.32 Å². The lowest BCUT2D eigenvalue weighted by Gasteiger charge is -2.14. The number of rotatable bonds is 5. The van der Waals surface area contributed by atoms with E-state index in [0.717, 1.165) is 5.69 Å². The molecule has 3 rings (SSSR count). The third-order valence-corrected chi connectivity index (χ3v) is 3.22. The van der Waals surface area contributed by atoms with Gasteiger partial charge in [-0.2, -0.15) is 4.68 Å². The van der Waals surface area contributed by atoms with Crippen molar-refractivity contribution in [3.63, 3.8) is 0 Å². The summed E-state index contributed by atoms with van der Waals surface area (Å²) in [5.41, 5.74) is 0.703. The fraction of sp³-hybridized carbons (Fsp3) is 0.143. The normalized spacial score (nSPS) is 11.9. The van der Waals surface area contributed by atoms with Gasteiger partial charge in [-0.25, -0.2) is 4.98 Å². The summed E-state index contributed by atoms with van der Waals surface area (Å²) in [6.07, 6.45) is 1.49. The Hall–Kier alpha value is -3.36. The number of tetrazole rings is 1. The lowest BCUT2D eigenvalue weighted by molar-refractivity contribution is -0.384. The molecule has 9 nitrogen and oxygen atoms in total. The van der Waals surface area contributed by atoms with Crippen LogP contribution < -0.4 is 5.32 Å². The molecule has 2 aromatic heterocycles. The predicted octanol–water partition coefficient (Wildman–Crippen LogP) is 2.14. The topological polar surface area (TPSA) is 112 Å². The first-order valence-electron chi connectivity index (χ1n) is 6.86. The van der Waals surface area contributed by atoms with E-state index in [9.17, 15) is 10.1 Å². The zero-order valence-corrected chi connectivity index (χ0v) is 12.2. The van der Waals surface area contributed by atoms with Crippen LogP contribution in [0, 0.1) is 10.1 Å². The summed E-state index contributed by atoms with van der Waals surface area (Å²) in [6, 6.07) is 11.9. The SMILES string of the molecule is C[C@H](Nc1ncccc1[N+](=O)[O-])c1nnnn1-c1ccccc1. The Morgan fingerprint density at radius 3 is 2.74 bits per heavy atom. The van der Waals surface area contributed by atoms with Crippen LogP contribution >= 0.6 is 0 Å². The van der Waals surface area contributed by atoms with Crippen molar-refractivity contribution < 1.29 is 4.92 Å². The molecule has 23 heavy (non-hydrogen) atoms. The van der Waals surface area contributed by atoms with E-state index in [2.05, 4.69) is 25.8 Å². The number of nitro groups is 1. The minimum absolute atomic E-state index is 0.0990. The van der Waals surface area contributed by atoms with E-state index < -0.39 is 4.92 Å². The van der Waals surface area contributed by atoms with E-state index in [1.807, 2.05) is 37.3 Å². The molecule has 1 atom stereocenters. The van der Waals surface area contributed by atoms with Crippen LogP contribution in [0.25, 0.3) is 5.69 Å². The second-order valence-electron chi connectivity index (χ2n) is 4.78. The molecule has 0 aliphatic carbocycles. The predicted molar refractivity (Wildman–Crippen MR) is 82.1 cm³/mol. The first kappa shape index (κ1) is 14.6. The standard InChI is InChI=1S/C14H13N7O2/c1-10(16-13-12(21(22)23)8-5-9-15-13)14-17-18-19-20(14)11-6-3-2-4-7-11/h2-10H,1H3,(H,15,16)/t10-/m0/s1. The first-order chi connectivity index (χ1) is 11.2. The maximum atomic E-state index is 11.1. The van der Waals surface area contributed by atoms with Crippen molar-refractivity contribution in [1.29, 1.82) is 0 Å². The van der Waals surface area contributed by atoms with E-state index in [1.54, 1.807) is 4.68 Å². The van der Waals surface area contributed by atoms with Gasteiger partial charge in [0.1, 0.15) is 0 Å². The second-order valence-corrected chi connectivity index (χ2v) is 4.78. The molecular weight excluding hydrogens is 298 g/mol. The quantitative estimate of drug-likeness (QED) is 0.567. The van der Waals surface area contributed by atoms with Gasteiger partial charge in [0.15, 0.2) is 5.82 Å². The minimum Gasteiger partial charge on any atom is -0.355 e. The average molecular weight is 311 g/mol. The summed E-state index contributed by atoms with van der Waals surface area (Å²) in [7, 11) is 0. The van der Waals surface area contributed by atoms with Gasteiger partial charge in [-0.05, 0) is 35.5 Å². The number of para-hydroxylation sites is 1. The fourth-order valence-corrected chi connectivity index (χ4v) is 2.14. The van der Waals surface area contributed by atoms with Crippen molar-refractivity contribution in [3.05, 3.63) is 64.6 Å². The van der Waals surface area contributed by atoms with Gasteiger partial charge in [0, 0.05) is 12.3 Å². The molecule has 0 saturated carbocycles. The molecule has 0 aliphatic heterocycles. The van der Waals surface area contributed by atoms with Gasteiger partial charge in [-0.3, -0.25) is 10.1 Å². The van der Waals surface area contributed by atoms with Crippen LogP contribution in [0.5, 0.6) is 0 Å². The van der Waals surface area contributed by atoms with E-state index >= 15 is 0 Å². The molecular formula is C14H13N7O2. The molecule has 0 unspecified atom stereocenters. The number of benzene rings is 1. The number of pyridine rings is 1. The molecule has 0 amide bonds. The Balaban J connectivity index is 1.90. The van der Waals surface area contributed by atoms with Gasteiger partial charge in [0.2, 0.25) is 5.82 Å². The third-order valence-electron chi connectivity index (χ3n) is 3.22. The highest BCUT2D eigenvalue weighted by atomic mass is 16.6. The summed E-state index contributed by atoms with van der Waals surface area (Å²) in [5.74, 6) is 0.698. The Labute approximate surface area is 131 Å². The molecule has 0 aliphatic rings. The Kier molecular flexibility index (Phi) is 3.91. The van der Waals surface area contributed by atoms with Crippen molar-refractivity contribution >= 4 is 11.5 Å². The second kappa shape index (κ2) is 6.18. The summed E-state index contributed by atoms with van der Waals surface area (Å²) >= 11 is 0.